The van der Waals surface area contributed by atoms with Gasteiger partial charge in [0.15, 0.2) is 5.25 Å². The second-order valence-corrected chi connectivity index (χ2v) is 4.96. The molecule has 14 heavy (non-hydrogen) atoms. The average molecular weight is 226 g/mol. The van der Waals surface area contributed by atoms with Crippen molar-refractivity contribution >= 4 is 10.0 Å². The summed E-state index contributed by atoms with van der Waals surface area (Å²) >= 11 is 0. The van der Waals surface area contributed by atoms with Crippen molar-refractivity contribution in [2.45, 2.75) is 25.0 Å². The normalized spacial score (nSPS) is 14.4. The lowest BCUT2D eigenvalue weighted by atomic mass is 10.4. The maximum atomic E-state index is 11.9. The van der Waals surface area contributed by atoms with E-state index in [1.165, 1.54) is 6.92 Å². The van der Waals surface area contributed by atoms with Gasteiger partial charge in [0.25, 0.3) is 6.43 Å². The molecule has 0 aliphatic rings. The second kappa shape index (κ2) is 5.22. The number of halogens is 2. The molecule has 0 bridgehead atoms. The molecular weight excluding hydrogens is 214 g/mol. The molecule has 0 N–H and O–H groups in total. The summed E-state index contributed by atoms with van der Waals surface area (Å²) in [5, 5.41) is 7.26. The van der Waals surface area contributed by atoms with Gasteiger partial charge in [0, 0.05) is 7.05 Å². The smallest absolute Gasteiger partial charge is 0.211 e. The molecule has 0 spiro atoms. The van der Waals surface area contributed by atoms with E-state index in [0.29, 0.717) is 4.31 Å². The summed E-state index contributed by atoms with van der Waals surface area (Å²) in [6.07, 6.45) is -2.64. The molecule has 0 heterocycles. The third kappa shape index (κ3) is 3.20. The van der Waals surface area contributed by atoms with Gasteiger partial charge in [-0.2, -0.15) is 9.57 Å². The molecule has 0 aliphatic carbocycles. The van der Waals surface area contributed by atoms with Gasteiger partial charge in [0.1, 0.15) is 0 Å². The SMILES string of the molecule is CCC(C#N)S(=O)(=O)N(C)CC(F)F. The summed E-state index contributed by atoms with van der Waals surface area (Å²) in [5.41, 5.74) is 0. The van der Waals surface area contributed by atoms with Crippen LogP contribution >= 0.6 is 0 Å². The van der Waals surface area contributed by atoms with E-state index in [2.05, 4.69) is 0 Å². The fraction of sp³-hybridized carbons (Fsp3) is 0.857. The summed E-state index contributed by atoms with van der Waals surface area (Å²) in [6.45, 7) is 0.641. The van der Waals surface area contributed by atoms with E-state index in [1.54, 1.807) is 6.07 Å². The Kier molecular flexibility index (Phi) is 4.94. The van der Waals surface area contributed by atoms with Crippen molar-refractivity contribution in [1.29, 1.82) is 5.26 Å². The average Bonchev–Trinajstić information content (AvgIpc) is 2.04. The fourth-order valence-corrected chi connectivity index (χ4v) is 2.19. The molecule has 0 fully saturated rings. The van der Waals surface area contributed by atoms with E-state index in [9.17, 15) is 17.2 Å². The first-order chi connectivity index (χ1) is 6.36. The van der Waals surface area contributed by atoms with Crippen LogP contribution in [0.15, 0.2) is 0 Å². The maximum Gasteiger partial charge on any atom is 0.252 e. The summed E-state index contributed by atoms with van der Waals surface area (Å²) in [7, 11) is -2.86. The van der Waals surface area contributed by atoms with E-state index in [4.69, 9.17) is 5.26 Å². The minimum absolute atomic E-state index is 0.0897. The van der Waals surface area contributed by atoms with Crippen LogP contribution in [0.4, 0.5) is 8.78 Å². The van der Waals surface area contributed by atoms with Crippen molar-refractivity contribution in [2.75, 3.05) is 13.6 Å². The number of hydrogen-bond donors (Lipinski definition) is 0. The molecule has 0 aliphatic heterocycles. The number of nitriles is 1. The molecule has 1 atom stereocenters. The molecule has 0 amide bonds. The van der Waals surface area contributed by atoms with Crippen LogP contribution < -0.4 is 0 Å². The highest BCUT2D eigenvalue weighted by Gasteiger charge is 2.29. The Morgan fingerprint density at radius 1 is 1.50 bits per heavy atom. The quantitative estimate of drug-likeness (QED) is 0.697. The molecule has 4 nitrogen and oxygen atoms in total. The van der Waals surface area contributed by atoms with Gasteiger partial charge < -0.3 is 0 Å². The van der Waals surface area contributed by atoms with Crippen LogP contribution in [0.1, 0.15) is 13.3 Å². The standard InChI is InChI=1S/C7H12F2N2O2S/c1-3-6(4-10)14(12,13)11(2)5-7(8)9/h6-7H,3,5H2,1-2H3. The van der Waals surface area contributed by atoms with Crippen LogP contribution in [0, 0.1) is 11.3 Å². The van der Waals surface area contributed by atoms with E-state index >= 15 is 0 Å². The number of nitrogens with zero attached hydrogens (tertiary/aromatic N) is 2. The minimum atomic E-state index is -3.90. The monoisotopic (exact) mass is 226 g/mol. The van der Waals surface area contributed by atoms with Crippen LogP contribution in [0.3, 0.4) is 0 Å². The van der Waals surface area contributed by atoms with E-state index in [1.807, 2.05) is 0 Å². The number of rotatable bonds is 5. The third-order valence-electron chi connectivity index (χ3n) is 1.70. The Morgan fingerprint density at radius 2 is 2.00 bits per heavy atom. The molecule has 0 rings (SSSR count). The molecule has 0 aromatic heterocycles. The number of alkyl halides is 2. The molecular formula is C7H12F2N2O2S. The Labute approximate surface area is 82.2 Å². The first kappa shape index (κ1) is 13.3. The van der Waals surface area contributed by atoms with Gasteiger partial charge in [-0.3, -0.25) is 0 Å². The highest BCUT2D eigenvalue weighted by molar-refractivity contribution is 7.89. The molecule has 1 unspecified atom stereocenters. The van der Waals surface area contributed by atoms with Crippen molar-refractivity contribution in [3.05, 3.63) is 0 Å². The van der Waals surface area contributed by atoms with Gasteiger partial charge in [-0.15, -0.1) is 0 Å². The van der Waals surface area contributed by atoms with Crippen molar-refractivity contribution in [2.24, 2.45) is 0 Å². The van der Waals surface area contributed by atoms with Gasteiger partial charge in [0.05, 0.1) is 12.6 Å². The molecule has 0 aromatic rings. The van der Waals surface area contributed by atoms with Crippen LogP contribution in [0.5, 0.6) is 0 Å². The zero-order valence-corrected chi connectivity index (χ0v) is 8.76. The Morgan fingerprint density at radius 3 is 2.29 bits per heavy atom. The van der Waals surface area contributed by atoms with Crippen LogP contribution in [0.2, 0.25) is 0 Å². The zero-order valence-electron chi connectivity index (χ0n) is 7.94. The van der Waals surface area contributed by atoms with E-state index in [-0.39, 0.29) is 6.42 Å². The first-order valence-electron chi connectivity index (χ1n) is 3.99. The lowest BCUT2D eigenvalue weighted by molar-refractivity contribution is 0.126. The summed E-state index contributed by atoms with van der Waals surface area (Å²) in [4.78, 5) is 0. The Bertz CT molecular complexity index is 310. The van der Waals surface area contributed by atoms with Gasteiger partial charge in [0.2, 0.25) is 10.0 Å². The van der Waals surface area contributed by atoms with Crippen LogP contribution in [0.25, 0.3) is 0 Å². The van der Waals surface area contributed by atoms with E-state index < -0.39 is 28.2 Å². The third-order valence-corrected chi connectivity index (χ3v) is 3.88. The fourth-order valence-electron chi connectivity index (χ4n) is 0.884. The van der Waals surface area contributed by atoms with Gasteiger partial charge in [-0.25, -0.2) is 17.2 Å². The topological polar surface area (TPSA) is 61.2 Å². The molecule has 0 radical (unpaired) electrons. The highest BCUT2D eigenvalue weighted by atomic mass is 32.2. The van der Waals surface area contributed by atoms with Crippen molar-refractivity contribution in [1.82, 2.24) is 4.31 Å². The van der Waals surface area contributed by atoms with Crippen LogP contribution in [-0.4, -0.2) is 38.0 Å². The first-order valence-corrected chi connectivity index (χ1v) is 5.49. The lowest BCUT2D eigenvalue weighted by Crippen LogP contribution is -2.37. The largest absolute Gasteiger partial charge is 0.252 e. The van der Waals surface area contributed by atoms with Gasteiger partial charge >= 0.3 is 0 Å². The second-order valence-electron chi connectivity index (χ2n) is 2.74. The Balaban J connectivity index is 4.70. The molecule has 0 aromatic carbocycles. The van der Waals surface area contributed by atoms with E-state index in [0.717, 1.165) is 7.05 Å². The minimum Gasteiger partial charge on any atom is -0.211 e. The zero-order chi connectivity index (χ0) is 11.4. The summed E-state index contributed by atoms with van der Waals surface area (Å²) in [5.74, 6) is 0. The molecule has 0 saturated heterocycles. The highest BCUT2D eigenvalue weighted by Crippen LogP contribution is 2.11. The lowest BCUT2D eigenvalue weighted by Gasteiger charge is -2.18. The summed E-state index contributed by atoms with van der Waals surface area (Å²) < 4.78 is 47.1. The van der Waals surface area contributed by atoms with Crippen molar-refractivity contribution < 1.29 is 17.2 Å². The van der Waals surface area contributed by atoms with Gasteiger partial charge in [-0.1, -0.05) is 6.92 Å². The van der Waals surface area contributed by atoms with Crippen molar-refractivity contribution in [3.8, 4) is 6.07 Å². The maximum absolute atomic E-state index is 11.9. The van der Waals surface area contributed by atoms with Gasteiger partial charge in [-0.05, 0) is 6.42 Å². The predicted molar refractivity (Wildman–Crippen MR) is 47.2 cm³/mol. The Hall–Kier alpha value is -0.740. The van der Waals surface area contributed by atoms with Crippen molar-refractivity contribution in [3.63, 3.8) is 0 Å². The van der Waals surface area contributed by atoms with Crippen LogP contribution in [-0.2, 0) is 10.0 Å². The number of hydrogen-bond acceptors (Lipinski definition) is 3. The predicted octanol–water partition coefficient (Wildman–Crippen LogP) is 0.815. The molecule has 82 valence electrons. The molecule has 0 saturated carbocycles. The molecule has 7 heteroatoms. The summed E-state index contributed by atoms with van der Waals surface area (Å²) in [6, 6.07) is 1.57. The number of sulfonamides is 1.